The predicted octanol–water partition coefficient (Wildman–Crippen LogP) is -3.32. The fraction of sp³-hybridized carbons (Fsp3) is 0. The van der Waals surface area contributed by atoms with E-state index in [4.69, 9.17) is 0 Å². The van der Waals surface area contributed by atoms with Crippen LogP contribution < -0.4 is 14.8 Å². The van der Waals surface area contributed by atoms with Crippen LogP contribution in [-0.2, 0) is 0 Å². The summed E-state index contributed by atoms with van der Waals surface area (Å²) in [5.74, 6) is 0. The Bertz CT molecular complexity index is 16.5. The largest absolute Gasteiger partial charge is 0.344 e. The molecule has 0 aromatic rings. The minimum absolute atomic E-state index is 0.00617. The average Bonchev–Trinajstić information content (AvgIpc) is 1.76. The van der Waals surface area contributed by atoms with Gasteiger partial charge in [-0.05, 0) is 0 Å². The van der Waals surface area contributed by atoms with Crippen molar-refractivity contribution in [2.45, 2.75) is 0 Å². The van der Waals surface area contributed by atoms with Gasteiger partial charge in [-0.1, -0.05) is 0 Å². The summed E-state index contributed by atoms with van der Waals surface area (Å²) < 4.78 is 3.28. The van der Waals surface area contributed by atoms with Crippen molar-refractivity contribution in [1.29, 1.82) is 0 Å². The molecule has 3 N–H and O–H groups in total. The third-order valence-corrected chi connectivity index (χ3v) is 3.91. The summed E-state index contributed by atoms with van der Waals surface area (Å²) in [5.41, 5.74) is 0. The highest BCUT2D eigenvalue weighted by molar-refractivity contribution is 6.52. The molecule has 0 spiro atoms. The SMILES string of the molecule is N1N[SiH2]N[SiH2]1. The smallest absolute Gasteiger partial charge is 0.175 e. The minimum Gasteiger partial charge on any atom is -0.344 e. The van der Waals surface area contributed by atoms with Crippen LogP contribution in [0.5, 0.6) is 0 Å². The molecule has 0 aromatic heterocycles. The van der Waals surface area contributed by atoms with E-state index in [9.17, 15) is 0 Å². The number of hydrazine groups is 1. The topological polar surface area (TPSA) is 36.1 Å². The molecular weight excluding hydrogens is 98.2 g/mol. The quantitative estimate of drug-likeness (QED) is 0.282. The Labute approximate surface area is 35.5 Å². The summed E-state index contributed by atoms with van der Waals surface area (Å²) in [4.78, 5) is 0. The van der Waals surface area contributed by atoms with Crippen LogP contribution in [0.1, 0.15) is 0 Å². The zero-order valence-electron chi connectivity index (χ0n) is 2.91. The summed E-state index contributed by atoms with van der Waals surface area (Å²) in [6.07, 6.45) is 0. The minimum atomic E-state index is -0.00617. The van der Waals surface area contributed by atoms with E-state index in [2.05, 4.69) is 14.8 Å². The molecule has 30 valence electrons. The standard InChI is InChI=1S/H7N3Si2/c1-2-5-3-4-1/h1-3H,4-5H2. The van der Waals surface area contributed by atoms with Crippen molar-refractivity contribution in [3.05, 3.63) is 0 Å². The van der Waals surface area contributed by atoms with Crippen molar-refractivity contribution >= 4 is 19.7 Å². The average molecular weight is 105 g/mol. The summed E-state index contributed by atoms with van der Waals surface area (Å²) >= 11 is 0. The van der Waals surface area contributed by atoms with Gasteiger partial charge in [-0.25, -0.2) is 0 Å². The van der Waals surface area contributed by atoms with Gasteiger partial charge in [0.15, 0.2) is 19.7 Å². The molecule has 3 nitrogen and oxygen atoms in total. The first-order valence-electron chi connectivity index (χ1n) is 1.66. The van der Waals surface area contributed by atoms with Crippen LogP contribution >= 0.6 is 0 Å². The Morgan fingerprint density at radius 2 is 1.60 bits per heavy atom. The van der Waals surface area contributed by atoms with Crippen LogP contribution in [-0.4, -0.2) is 19.7 Å². The highest BCUT2D eigenvalue weighted by Gasteiger charge is 1.91. The monoisotopic (exact) mass is 105 g/mol. The maximum atomic E-state index is 3.28. The third kappa shape index (κ3) is 0.818. The molecule has 0 amide bonds. The molecule has 1 aliphatic rings. The van der Waals surface area contributed by atoms with Gasteiger partial charge in [0.05, 0.1) is 0 Å². The summed E-state index contributed by atoms with van der Waals surface area (Å²) in [6.45, 7) is 0. The number of hydrogen-bond donors (Lipinski definition) is 3. The van der Waals surface area contributed by atoms with Crippen molar-refractivity contribution in [2.24, 2.45) is 0 Å². The Balaban J connectivity index is 2.08. The van der Waals surface area contributed by atoms with Crippen molar-refractivity contribution in [3.8, 4) is 0 Å². The van der Waals surface area contributed by atoms with Gasteiger partial charge in [-0.3, -0.25) is 10.2 Å². The molecule has 1 fully saturated rings. The Morgan fingerprint density at radius 1 is 1.00 bits per heavy atom. The van der Waals surface area contributed by atoms with Crippen LogP contribution in [0, 0.1) is 0 Å². The zero-order valence-corrected chi connectivity index (χ0v) is 5.74. The van der Waals surface area contributed by atoms with E-state index in [0.29, 0.717) is 0 Å². The molecule has 5 heavy (non-hydrogen) atoms. The lowest BCUT2D eigenvalue weighted by molar-refractivity contribution is 0.965. The van der Waals surface area contributed by atoms with E-state index in [1.165, 1.54) is 0 Å². The first-order valence-corrected chi connectivity index (χ1v) is 4.49. The maximum absolute atomic E-state index is 3.28. The van der Waals surface area contributed by atoms with Crippen LogP contribution in [0.15, 0.2) is 0 Å². The van der Waals surface area contributed by atoms with E-state index in [1.54, 1.807) is 0 Å². The predicted molar refractivity (Wildman–Crippen MR) is 26.5 cm³/mol. The first-order chi connectivity index (χ1) is 2.50. The Hall–Kier alpha value is 0.314. The lowest BCUT2D eigenvalue weighted by atomic mass is 12.9. The fourth-order valence-corrected chi connectivity index (χ4v) is 2.81. The summed E-state index contributed by atoms with van der Waals surface area (Å²) in [5, 5.41) is 6.12. The maximum Gasteiger partial charge on any atom is 0.175 e. The van der Waals surface area contributed by atoms with Crippen LogP contribution in [0.2, 0.25) is 0 Å². The van der Waals surface area contributed by atoms with Gasteiger partial charge >= 0.3 is 0 Å². The lowest BCUT2D eigenvalue weighted by Gasteiger charge is -1.79. The van der Waals surface area contributed by atoms with Gasteiger partial charge in [0.2, 0.25) is 0 Å². The fourth-order valence-electron chi connectivity index (χ4n) is 0.312. The van der Waals surface area contributed by atoms with Gasteiger partial charge < -0.3 is 4.65 Å². The molecule has 0 saturated carbocycles. The molecule has 0 radical (unpaired) electrons. The van der Waals surface area contributed by atoms with E-state index in [1.807, 2.05) is 0 Å². The Kier molecular flexibility index (Phi) is 1.17. The molecule has 0 unspecified atom stereocenters. The van der Waals surface area contributed by atoms with Gasteiger partial charge in [-0.15, -0.1) is 0 Å². The van der Waals surface area contributed by atoms with Gasteiger partial charge in [-0.2, -0.15) is 0 Å². The van der Waals surface area contributed by atoms with Crippen LogP contribution in [0.4, 0.5) is 0 Å². The summed E-state index contributed by atoms with van der Waals surface area (Å²) in [6, 6.07) is 0. The highest BCUT2D eigenvalue weighted by atomic mass is 28.3. The molecular formula is H7N3Si2. The molecule has 1 aliphatic heterocycles. The van der Waals surface area contributed by atoms with Gasteiger partial charge in [0, 0.05) is 0 Å². The normalized spacial score (nSPS) is 33.6. The van der Waals surface area contributed by atoms with Crippen LogP contribution in [0.25, 0.3) is 0 Å². The van der Waals surface area contributed by atoms with Gasteiger partial charge in [0.1, 0.15) is 0 Å². The van der Waals surface area contributed by atoms with E-state index in [-0.39, 0.29) is 19.7 Å². The number of nitrogens with one attached hydrogen (secondary N) is 3. The lowest BCUT2D eigenvalue weighted by Crippen LogP contribution is -2.25. The highest BCUT2D eigenvalue weighted by Crippen LogP contribution is 1.43. The van der Waals surface area contributed by atoms with E-state index < -0.39 is 0 Å². The van der Waals surface area contributed by atoms with Crippen molar-refractivity contribution in [1.82, 2.24) is 14.8 Å². The molecule has 5 heteroatoms. The van der Waals surface area contributed by atoms with Crippen molar-refractivity contribution < 1.29 is 0 Å². The van der Waals surface area contributed by atoms with E-state index >= 15 is 0 Å². The Morgan fingerprint density at radius 3 is 1.80 bits per heavy atom. The third-order valence-electron chi connectivity index (χ3n) is 0.552. The molecule has 0 atom stereocenters. The van der Waals surface area contributed by atoms with Crippen molar-refractivity contribution in [3.63, 3.8) is 0 Å². The zero-order chi connectivity index (χ0) is 3.54. The molecule has 0 bridgehead atoms. The molecule has 1 rings (SSSR count). The second kappa shape index (κ2) is 1.68. The van der Waals surface area contributed by atoms with Crippen LogP contribution in [0.3, 0.4) is 0 Å². The second-order valence-corrected chi connectivity index (χ2v) is 4.37. The van der Waals surface area contributed by atoms with Crippen molar-refractivity contribution in [2.75, 3.05) is 0 Å². The first kappa shape index (κ1) is 3.50. The molecule has 0 aromatic carbocycles. The van der Waals surface area contributed by atoms with E-state index in [0.717, 1.165) is 0 Å². The van der Waals surface area contributed by atoms with Gasteiger partial charge in [0.25, 0.3) is 0 Å². The second-order valence-electron chi connectivity index (χ2n) is 0.957. The molecule has 1 saturated heterocycles. The number of rotatable bonds is 0. The summed E-state index contributed by atoms with van der Waals surface area (Å²) in [7, 11) is -0.0123. The number of hydrogen-bond acceptors (Lipinski definition) is 3. The molecule has 0 aliphatic carbocycles. The molecule has 1 heterocycles.